The van der Waals surface area contributed by atoms with Gasteiger partial charge in [0, 0.05) is 17.5 Å². The number of carbonyl (C=O) groups excluding carboxylic acids is 1. The number of rotatable bonds is 4. The number of aromatic amines is 1. The van der Waals surface area contributed by atoms with Crippen molar-refractivity contribution in [1.82, 2.24) is 0 Å². The van der Waals surface area contributed by atoms with E-state index in [1.807, 2.05) is 24.3 Å². The number of nitro groups is 2. The van der Waals surface area contributed by atoms with Gasteiger partial charge in [-0.05, 0) is 23.9 Å². The molecule has 0 unspecified atom stereocenters. The SMILES string of the molecule is NC(=O)Nc1cccc2ccc[nH+]c12.O=C(O)c1cc([N+](=O)[O-])cc([N+](=O)[O-])c1[O-]. The Morgan fingerprint density at radius 1 is 1.07 bits per heavy atom. The fourth-order valence-electron chi connectivity index (χ4n) is 2.39. The first-order valence-corrected chi connectivity index (χ1v) is 7.94. The van der Waals surface area contributed by atoms with Gasteiger partial charge in [0.1, 0.15) is 5.69 Å². The predicted molar refractivity (Wildman–Crippen MR) is 99.9 cm³/mol. The van der Waals surface area contributed by atoms with E-state index in [2.05, 4.69) is 10.3 Å². The zero-order chi connectivity index (χ0) is 22.4. The third-order valence-corrected chi connectivity index (χ3v) is 3.65. The maximum absolute atomic E-state index is 11.2. The number of hydrogen-bond donors (Lipinski definition) is 3. The molecule has 0 aliphatic carbocycles. The fraction of sp³-hybridized carbons (Fsp3) is 0. The van der Waals surface area contributed by atoms with Crippen molar-refractivity contribution >= 4 is 40.0 Å². The van der Waals surface area contributed by atoms with Crippen LogP contribution in [0.5, 0.6) is 5.75 Å². The van der Waals surface area contributed by atoms with Crippen molar-refractivity contribution in [2.75, 3.05) is 5.32 Å². The largest absolute Gasteiger partial charge is 0.867 e. The van der Waals surface area contributed by atoms with E-state index >= 15 is 0 Å². The Hall–Kier alpha value is -4.81. The summed E-state index contributed by atoms with van der Waals surface area (Å²) in [5.74, 6) is -3.11. The molecule has 13 nitrogen and oxygen atoms in total. The highest BCUT2D eigenvalue weighted by Gasteiger charge is 2.21. The molecule has 0 aliphatic rings. The van der Waals surface area contributed by atoms with Crippen molar-refractivity contribution in [3.8, 4) is 5.75 Å². The first-order valence-electron chi connectivity index (χ1n) is 7.94. The number of nitrogens with one attached hydrogen (secondary N) is 2. The number of fused-ring (bicyclic) bond motifs is 1. The minimum atomic E-state index is -1.75. The number of nitrogens with zero attached hydrogens (tertiary/aromatic N) is 2. The number of H-pyrrole nitrogens is 1. The van der Waals surface area contributed by atoms with Crippen LogP contribution in [-0.4, -0.2) is 27.0 Å². The highest BCUT2D eigenvalue weighted by Crippen LogP contribution is 2.32. The van der Waals surface area contributed by atoms with Gasteiger partial charge in [0.15, 0.2) is 6.20 Å². The maximum Gasteiger partial charge on any atom is 0.335 e. The van der Waals surface area contributed by atoms with Gasteiger partial charge in [0.2, 0.25) is 5.52 Å². The third kappa shape index (κ3) is 4.92. The molecule has 5 N–H and O–H groups in total. The van der Waals surface area contributed by atoms with Crippen LogP contribution in [0.1, 0.15) is 10.4 Å². The number of hydrogen-bond acceptors (Lipinski definition) is 7. The number of benzene rings is 2. The van der Waals surface area contributed by atoms with E-state index in [0.29, 0.717) is 17.8 Å². The quantitative estimate of drug-likeness (QED) is 0.417. The van der Waals surface area contributed by atoms with Crippen molar-refractivity contribution in [3.63, 3.8) is 0 Å². The number of nitrogens with two attached hydrogens (primary N) is 1. The van der Waals surface area contributed by atoms with Crippen LogP contribution in [0.25, 0.3) is 10.9 Å². The highest BCUT2D eigenvalue weighted by atomic mass is 16.6. The van der Waals surface area contributed by atoms with Gasteiger partial charge in [-0.2, -0.15) is 0 Å². The summed E-state index contributed by atoms with van der Waals surface area (Å²) >= 11 is 0. The summed E-state index contributed by atoms with van der Waals surface area (Å²) in [5, 5.41) is 44.0. The number of carboxylic acid groups (broad SMARTS) is 1. The molecule has 2 amide bonds. The number of nitro benzene ring substituents is 2. The number of para-hydroxylation sites is 1. The van der Waals surface area contributed by atoms with Crippen molar-refractivity contribution in [2.24, 2.45) is 5.73 Å². The van der Waals surface area contributed by atoms with Gasteiger partial charge in [-0.25, -0.2) is 14.6 Å². The summed E-state index contributed by atoms with van der Waals surface area (Å²) < 4.78 is 0. The Balaban J connectivity index is 0.000000215. The normalized spacial score (nSPS) is 9.87. The lowest BCUT2D eigenvalue weighted by Crippen LogP contribution is -2.20. The molecule has 3 rings (SSSR count). The molecule has 2 aromatic carbocycles. The van der Waals surface area contributed by atoms with Crippen LogP contribution >= 0.6 is 0 Å². The fourth-order valence-corrected chi connectivity index (χ4v) is 2.39. The Morgan fingerprint density at radius 3 is 2.30 bits per heavy atom. The summed E-state index contributed by atoms with van der Waals surface area (Å²) in [6, 6.07) is 9.82. The first-order chi connectivity index (χ1) is 14.1. The van der Waals surface area contributed by atoms with E-state index in [-0.39, 0.29) is 0 Å². The standard InChI is InChI=1S/C10H9N3O.C7H4N2O7/c11-10(14)13-8-5-1-3-7-4-2-6-12-9(7)8;10-6-4(7(11)12)1-3(8(13)14)2-5(6)9(15)16/h1-6H,(H3,11,13,14);1-2,10H,(H,11,12). The maximum atomic E-state index is 11.2. The van der Waals surface area contributed by atoms with Gasteiger partial charge >= 0.3 is 12.0 Å². The van der Waals surface area contributed by atoms with Gasteiger partial charge < -0.3 is 21.3 Å². The van der Waals surface area contributed by atoms with E-state index in [4.69, 9.17) is 10.8 Å². The van der Waals surface area contributed by atoms with Crippen LogP contribution in [0, 0.1) is 20.2 Å². The smallest absolute Gasteiger partial charge is 0.335 e. The number of aromatic carboxylic acids is 1. The number of non-ortho nitro benzene ring substituents is 1. The van der Waals surface area contributed by atoms with E-state index < -0.39 is 44.5 Å². The number of amides is 2. The molecule has 0 radical (unpaired) electrons. The topological polar surface area (TPSA) is 216 Å². The molecular formula is C17H13N5O8. The van der Waals surface area contributed by atoms with Crippen molar-refractivity contribution < 1.29 is 34.6 Å². The minimum Gasteiger partial charge on any atom is -0.867 e. The number of primary amides is 1. The van der Waals surface area contributed by atoms with E-state index in [1.54, 1.807) is 12.3 Å². The Labute approximate surface area is 166 Å². The molecule has 0 atom stereocenters. The Bertz CT molecular complexity index is 1120. The van der Waals surface area contributed by atoms with Crippen LogP contribution in [0.3, 0.4) is 0 Å². The molecule has 1 aromatic heterocycles. The number of pyridine rings is 1. The third-order valence-electron chi connectivity index (χ3n) is 3.65. The molecule has 0 saturated carbocycles. The highest BCUT2D eigenvalue weighted by molar-refractivity contribution is 5.97. The van der Waals surface area contributed by atoms with Crippen LogP contribution in [0.4, 0.5) is 21.9 Å². The zero-order valence-corrected chi connectivity index (χ0v) is 14.9. The van der Waals surface area contributed by atoms with E-state index in [9.17, 15) is 34.9 Å². The summed E-state index contributed by atoms with van der Waals surface area (Å²) in [6.07, 6.45) is 1.80. The molecule has 154 valence electrons. The first kappa shape index (κ1) is 21.5. The van der Waals surface area contributed by atoms with Crippen LogP contribution in [-0.2, 0) is 0 Å². The second-order valence-electron chi connectivity index (χ2n) is 5.59. The average molecular weight is 415 g/mol. The predicted octanol–water partition coefficient (Wildman–Crippen LogP) is 1.42. The molecule has 13 heteroatoms. The second-order valence-corrected chi connectivity index (χ2v) is 5.59. The number of carboxylic acids is 1. The van der Waals surface area contributed by atoms with Crippen LogP contribution in [0.15, 0.2) is 48.7 Å². The van der Waals surface area contributed by atoms with Gasteiger partial charge in [0.25, 0.3) is 11.4 Å². The summed E-state index contributed by atoms with van der Waals surface area (Å²) in [4.78, 5) is 42.8. The van der Waals surface area contributed by atoms with Gasteiger partial charge in [0.05, 0.1) is 21.5 Å². The van der Waals surface area contributed by atoms with E-state index in [1.165, 1.54) is 0 Å². The molecule has 30 heavy (non-hydrogen) atoms. The van der Waals surface area contributed by atoms with Crippen LogP contribution < -0.4 is 21.1 Å². The average Bonchev–Trinajstić information content (AvgIpc) is 2.68. The lowest BCUT2D eigenvalue weighted by molar-refractivity contribution is -0.403. The summed E-state index contributed by atoms with van der Waals surface area (Å²) in [7, 11) is 0. The molecule has 3 aromatic rings. The van der Waals surface area contributed by atoms with Crippen molar-refractivity contribution in [2.45, 2.75) is 0 Å². The molecule has 0 spiro atoms. The number of carbonyl (C=O) groups is 2. The molecular weight excluding hydrogens is 402 g/mol. The van der Waals surface area contributed by atoms with Gasteiger partial charge in [-0.15, -0.1) is 0 Å². The number of aromatic nitrogens is 1. The summed E-state index contributed by atoms with van der Waals surface area (Å²) in [6.45, 7) is 0. The zero-order valence-electron chi connectivity index (χ0n) is 14.9. The minimum absolute atomic E-state index is 0.425. The lowest BCUT2D eigenvalue weighted by atomic mass is 10.1. The number of urea groups is 1. The van der Waals surface area contributed by atoms with Crippen molar-refractivity contribution in [1.29, 1.82) is 0 Å². The Kier molecular flexibility index (Phi) is 6.39. The second kappa shape index (κ2) is 8.92. The molecule has 0 saturated heterocycles. The molecule has 1 heterocycles. The monoisotopic (exact) mass is 415 g/mol. The Morgan fingerprint density at radius 2 is 1.73 bits per heavy atom. The van der Waals surface area contributed by atoms with Crippen molar-refractivity contribution in [3.05, 3.63) is 74.5 Å². The number of anilines is 1. The molecule has 0 fully saturated rings. The van der Waals surface area contributed by atoms with Gasteiger partial charge in [-0.1, -0.05) is 6.07 Å². The summed E-state index contributed by atoms with van der Waals surface area (Å²) in [5.41, 5.74) is 3.66. The van der Waals surface area contributed by atoms with Gasteiger partial charge in [-0.3, -0.25) is 20.2 Å². The van der Waals surface area contributed by atoms with Crippen LogP contribution in [0.2, 0.25) is 0 Å². The van der Waals surface area contributed by atoms with E-state index in [0.717, 1.165) is 10.9 Å². The molecule has 0 bridgehead atoms. The lowest BCUT2D eigenvalue weighted by Gasteiger charge is -2.09. The molecule has 0 aliphatic heterocycles.